The third kappa shape index (κ3) is 6.19. The highest BCUT2D eigenvalue weighted by atomic mass is 14.9. The highest BCUT2D eigenvalue weighted by Gasteiger charge is 2.46. The van der Waals surface area contributed by atoms with Crippen molar-refractivity contribution in [3.63, 3.8) is 0 Å². The molecule has 0 saturated carbocycles. The van der Waals surface area contributed by atoms with Gasteiger partial charge in [0.15, 0.2) is 5.82 Å². The molecule has 1 aliphatic rings. The summed E-state index contributed by atoms with van der Waals surface area (Å²) in [6, 6.07) is 86.5. The summed E-state index contributed by atoms with van der Waals surface area (Å²) in [5.41, 5.74) is 17.0. The van der Waals surface area contributed by atoms with E-state index in [9.17, 15) is 5.26 Å². The van der Waals surface area contributed by atoms with Gasteiger partial charge in [0.05, 0.1) is 28.4 Å². The van der Waals surface area contributed by atoms with Crippen LogP contribution < -0.4 is 0 Å². The maximum Gasteiger partial charge on any atom is 0.160 e. The topological polar surface area (TPSA) is 49.6 Å². The second-order valence-corrected chi connectivity index (χ2v) is 16.7. The number of benzene rings is 10. The van der Waals surface area contributed by atoms with Gasteiger partial charge in [-0.1, -0.05) is 212 Å². The Labute approximate surface area is 378 Å². The van der Waals surface area contributed by atoms with E-state index in [0.29, 0.717) is 11.4 Å². The molecule has 1 heterocycles. The van der Waals surface area contributed by atoms with E-state index in [2.05, 4.69) is 200 Å². The molecule has 0 amide bonds. The summed E-state index contributed by atoms with van der Waals surface area (Å²) in [6.07, 6.45) is 0. The zero-order valence-electron chi connectivity index (χ0n) is 35.4. The van der Waals surface area contributed by atoms with Crippen LogP contribution in [0.5, 0.6) is 0 Å². The predicted molar refractivity (Wildman–Crippen MR) is 266 cm³/mol. The largest absolute Gasteiger partial charge is 0.228 e. The van der Waals surface area contributed by atoms with Gasteiger partial charge in [0, 0.05) is 16.7 Å². The molecule has 0 fully saturated rings. The van der Waals surface area contributed by atoms with E-state index in [-0.39, 0.29) is 0 Å². The van der Waals surface area contributed by atoms with Crippen LogP contribution in [0, 0.1) is 11.3 Å². The van der Waals surface area contributed by atoms with Gasteiger partial charge in [0.1, 0.15) is 0 Å². The van der Waals surface area contributed by atoms with Crippen LogP contribution in [0.2, 0.25) is 0 Å². The second kappa shape index (κ2) is 15.6. The minimum atomic E-state index is -0.490. The average molecular weight is 826 g/mol. The molecular weight excluding hydrogens is 787 g/mol. The first kappa shape index (κ1) is 38.0. The first-order valence-corrected chi connectivity index (χ1v) is 22.0. The van der Waals surface area contributed by atoms with Crippen molar-refractivity contribution in [2.75, 3.05) is 0 Å². The number of fused-ring (bicyclic) bond motifs is 5. The molecule has 10 aromatic carbocycles. The van der Waals surface area contributed by atoms with Crippen molar-refractivity contribution < 1.29 is 0 Å². The Kier molecular flexibility index (Phi) is 9.11. The number of aromatic nitrogens is 2. The molecule has 12 rings (SSSR count). The smallest absolute Gasteiger partial charge is 0.160 e. The molecule has 0 unspecified atom stereocenters. The van der Waals surface area contributed by atoms with E-state index >= 15 is 0 Å². The van der Waals surface area contributed by atoms with Crippen LogP contribution in [0.1, 0.15) is 27.8 Å². The molecule has 11 aromatic rings. The van der Waals surface area contributed by atoms with Crippen LogP contribution in [0.15, 0.2) is 237 Å². The average Bonchev–Trinajstić information content (AvgIpc) is 3.69. The van der Waals surface area contributed by atoms with Gasteiger partial charge in [-0.25, -0.2) is 9.97 Å². The number of nitriles is 1. The lowest BCUT2D eigenvalue weighted by Gasteiger charge is -2.34. The van der Waals surface area contributed by atoms with Crippen molar-refractivity contribution in [1.29, 1.82) is 5.26 Å². The molecule has 0 saturated heterocycles. The minimum Gasteiger partial charge on any atom is -0.228 e. The summed E-state index contributed by atoms with van der Waals surface area (Å²) in [5.74, 6) is 0.669. The van der Waals surface area contributed by atoms with Crippen molar-refractivity contribution in [1.82, 2.24) is 9.97 Å². The Hall–Kier alpha value is -8.71. The maximum atomic E-state index is 9.45. The third-order valence-corrected chi connectivity index (χ3v) is 13.3. The lowest BCUT2D eigenvalue weighted by Crippen LogP contribution is -2.28. The summed E-state index contributed by atoms with van der Waals surface area (Å²) < 4.78 is 0. The van der Waals surface area contributed by atoms with Crippen molar-refractivity contribution >= 4 is 21.5 Å². The number of nitrogens with zero attached hydrogens (tertiary/aromatic N) is 3. The highest BCUT2D eigenvalue weighted by molar-refractivity contribution is 6.07. The third-order valence-electron chi connectivity index (χ3n) is 13.3. The monoisotopic (exact) mass is 825 g/mol. The fourth-order valence-electron chi connectivity index (χ4n) is 10.3. The molecular formula is C62H39N3. The number of rotatable bonds is 7. The number of hydrogen-bond donors (Lipinski definition) is 0. The maximum absolute atomic E-state index is 9.45. The SMILES string of the molecule is N#Cc1ccc(-c2ccc(-c3cc(-c4ccc(-c5ccc6c(c5)C(c5ccccc5)(c5ccccc5)c5ccccc5-6)c5ccccc45)nc(-c4ccccc4)n3)c3ccccc23)cc1. The zero-order valence-corrected chi connectivity index (χ0v) is 35.4. The van der Waals surface area contributed by atoms with E-state index in [0.717, 1.165) is 66.3 Å². The van der Waals surface area contributed by atoms with Gasteiger partial charge in [-0.05, 0) is 101 Å². The second-order valence-electron chi connectivity index (χ2n) is 16.7. The quantitative estimate of drug-likeness (QED) is 0.161. The summed E-state index contributed by atoms with van der Waals surface area (Å²) >= 11 is 0. The Morgan fingerprint density at radius 3 is 1.32 bits per heavy atom. The standard InChI is InChI=1S/C62H39N3/c63-40-41-28-30-42(31-29-41)47-34-36-55(51-24-12-10-22-49(47)51)59-39-60(65-61(64-59)43-16-4-1-5-17-43)56-37-35-48(50-23-11-13-25-52(50)56)44-32-33-54-53-26-14-15-27-57(53)62(58(54)38-44,45-18-6-2-7-19-45)46-20-8-3-9-21-46/h1-39H. The lowest BCUT2D eigenvalue weighted by atomic mass is 9.67. The van der Waals surface area contributed by atoms with Gasteiger partial charge in [-0.3, -0.25) is 0 Å². The van der Waals surface area contributed by atoms with E-state index in [1.165, 1.54) is 38.9 Å². The van der Waals surface area contributed by atoms with Crippen LogP contribution in [-0.2, 0) is 5.41 Å². The number of hydrogen-bond acceptors (Lipinski definition) is 3. The molecule has 0 N–H and O–H groups in total. The fourth-order valence-corrected chi connectivity index (χ4v) is 10.3. The van der Waals surface area contributed by atoms with Crippen LogP contribution in [-0.4, -0.2) is 9.97 Å². The molecule has 1 aliphatic carbocycles. The van der Waals surface area contributed by atoms with Gasteiger partial charge in [0.2, 0.25) is 0 Å². The Bertz CT molecular complexity index is 3610. The molecule has 302 valence electrons. The Morgan fingerprint density at radius 2 is 0.754 bits per heavy atom. The van der Waals surface area contributed by atoms with Gasteiger partial charge in [-0.2, -0.15) is 5.26 Å². The van der Waals surface area contributed by atoms with Crippen molar-refractivity contribution in [2.24, 2.45) is 0 Å². The van der Waals surface area contributed by atoms with E-state index < -0.39 is 5.41 Å². The van der Waals surface area contributed by atoms with E-state index in [1.807, 2.05) is 42.5 Å². The molecule has 1 aromatic heterocycles. The van der Waals surface area contributed by atoms with Gasteiger partial charge < -0.3 is 0 Å². The van der Waals surface area contributed by atoms with Gasteiger partial charge in [-0.15, -0.1) is 0 Å². The highest BCUT2D eigenvalue weighted by Crippen LogP contribution is 2.57. The molecule has 0 spiro atoms. The van der Waals surface area contributed by atoms with Crippen molar-refractivity contribution in [3.05, 3.63) is 264 Å². The Balaban J connectivity index is 1.04. The molecule has 0 atom stereocenters. The summed E-state index contributed by atoms with van der Waals surface area (Å²) in [5, 5.41) is 13.9. The van der Waals surface area contributed by atoms with Crippen LogP contribution in [0.25, 0.3) is 88.8 Å². The van der Waals surface area contributed by atoms with Crippen LogP contribution >= 0.6 is 0 Å². The summed E-state index contributed by atoms with van der Waals surface area (Å²) in [7, 11) is 0. The molecule has 65 heavy (non-hydrogen) atoms. The fraction of sp³-hybridized carbons (Fsp3) is 0.0161. The lowest BCUT2D eigenvalue weighted by molar-refractivity contribution is 0.769. The molecule has 0 aliphatic heterocycles. The first-order chi connectivity index (χ1) is 32.2. The molecule has 3 heteroatoms. The normalized spacial score (nSPS) is 12.4. The van der Waals surface area contributed by atoms with E-state index in [1.54, 1.807) is 0 Å². The van der Waals surface area contributed by atoms with Crippen LogP contribution in [0.3, 0.4) is 0 Å². The zero-order chi connectivity index (χ0) is 43.3. The molecule has 0 radical (unpaired) electrons. The minimum absolute atomic E-state index is 0.490. The first-order valence-electron chi connectivity index (χ1n) is 22.0. The summed E-state index contributed by atoms with van der Waals surface area (Å²) in [4.78, 5) is 10.6. The summed E-state index contributed by atoms with van der Waals surface area (Å²) in [6.45, 7) is 0. The van der Waals surface area contributed by atoms with Gasteiger partial charge in [0.25, 0.3) is 0 Å². The molecule has 0 bridgehead atoms. The molecule has 3 nitrogen and oxygen atoms in total. The van der Waals surface area contributed by atoms with E-state index in [4.69, 9.17) is 9.97 Å². The predicted octanol–water partition coefficient (Wildman–Crippen LogP) is 15.4. The van der Waals surface area contributed by atoms with Crippen molar-refractivity contribution in [3.8, 4) is 73.4 Å². The Morgan fingerprint density at radius 1 is 0.323 bits per heavy atom. The van der Waals surface area contributed by atoms with Gasteiger partial charge >= 0.3 is 0 Å². The van der Waals surface area contributed by atoms with Crippen LogP contribution in [0.4, 0.5) is 0 Å². The van der Waals surface area contributed by atoms with Crippen molar-refractivity contribution in [2.45, 2.75) is 5.41 Å².